The highest BCUT2D eigenvalue weighted by Crippen LogP contribution is 2.39. The molecule has 4 nitrogen and oxygen atoms in total. The zero-order chi connectivity index (χ0) is 10.8. The molecule has 4 heteroatoms. The van der Waals surface area contributed by atoms with Crippen molar-refractivity contribution in [3.63, 3.8) is 0 Å². The number of anilines is 1. The SMILES string of the molecule is CCCC(N)c1cccc2c1N(C)OO2. The standard InChI is InChI=1S/C11H16N2O2/c1-3-5-9(12)8-6-4-7-10-11(8)13(2)15-14-10/h4,6-7,9H,3,5,12H2,1-2H3. The number of nitrogens with zero attached hydrogens (tertiary/aromatic N) is 1. The van der Waals surface area contributed by atoms with Crippen LogP contribution in [0.1, 0.15) is 31.4 Å². The van der Waals surface area contributed by atoms with Crippen LogP contribution < -0.4 is 15.7 Å². The van der Waals surface area contributed by atoms with Gasteiger partial charge in [0, 0.05) is 13.1 Å². The predicted molar refractivity (Wildman–Crippen MR) is 58.4 cm³/mol. The Kier molecular flexibility index (Phi) is 2.79. The van der Waals surface area contributed by atoms with Crippen LogP contribution in [0.3, 0.4) is 0 Å². The monoisotopic (exact) mass is 208 g/mol. The highest BCUT2D eigenvalue weighted by molar-refractivity contribution is 5.64. The fraction of sp³-hybridized carbons (Fsp3) is 0.455. The number of fused-ring (bicyclic) bond motifs is 1. The smallest absolute Gasteiger partial charge is 0.194 e. The van der Waals surface area contributed by atoms with Crippen LogP contribution in [-0.2, 0) is 4.99 Å². The number of rotatable bonds is 3. The lowest BCUT2D eigenvalue weighted by atomic mass is 10.0. The van der Waals surface area contributed by atoms with Gasteiger partial charge in [-0.15, -0.1) is 0 Å². The molecule has 2 rings (SSSR count). The summed E-state index contributed by atoms with van der Waals surface area (Å²) >= 11 is 0. The minimum absolute atomic E-state index is 0.0395. The van der Waals surface area contributed by atoms with Gasteiger partial charge in [-0.2, -0.15) is 0 Å². The Bertz CT molecular complexity index is 354. The van der Waals surface area contributed by atoms with Crippen molar-refractivity contribution in [2.45, 2.75) is 25.8 Å². The van der Waals surface area contributed by atoms with Crippen LogP contribution in [0.25, 0.3) is 0 Å². The summed E-state index contributed by atoms with van der Waals surface area (Å²) in [5.74, 6) is 0.738. The largest absolute Gasteiger partial charge is 0.324 e. The predicted octanol–water partition coefficient (Wildman–Crippen LogP) is 2.16. The van der Waals surface area contributed by atoms with E-state index in [-0.39, 0.29) is 6.04 Å². The second-order valence-electron chi connectivity index (χ2n) is 3.74. The van der Waals surface area contributed by atoms with Crippen LogP contribution in [0.15, 0.2) is 18.2 Å². The van der Waals surface area contributed by atoms with Crippen LogP contribution in [0, 0.1) is 0 Å². The first-order valence-electron chi connectivity index (χ1n) is 5.21. The van der Waals surface area contributed by atoms with Crippen molar-refractivity contribution in [3.8, 4) is 5.75 Å². The highest BCUT2D eigenvalue weighted by Gasteiger charge is 2.25. The van der Waals surface area contributed by atoms with E-state index in [9.17, 15) is 0 Å². The van der Waals surface area contributed by atoms with Gasteiger partial charge in [-0.25, -0.2) is 5.06 Å². The molecular formula is C11H16N2O2. The molecular weight excluding hydrogens is 192 g/mol. The summed E-state index contributed by atoms with van der Waals surface area (Å²) in [6, 6.07) is 5.87. The molecule has 0 amide bonds. The number of hydrogen-bond donors (Lipinski definition) is 1. The second kappa shape index (κ2) is 4.08. The van der Waals surface area contributed by atoms with E-state index in [0.29, 0.717) is 0 Å². The lowest BCUT2D eigenvalue weighted by Crippen LogP contribution is -2.17. The Morgan fingerprint density at radius 1 is 1.47 bits per heavy atom. The summed E-state index contributed by atoms with van der Waals surface area (Å²) in [5, 5.41) is 1.61. The third-order valence-corrected chi connectivity index (χ3v) is 2.58. The molecule has 15 heavy (non-hydrogen) atoms. The lowest BCUT2D eigenvalue weighted by Gasteiger charge is -2.16. The maximum absolute atomic E-state index is 6.10. The zero-order valence-electron chi connectivity index (χ0n) is 9.06. The third kappa shape index (κ3) is 1.78. The van der Waals surface area contributed by atoms with Gasteiger partial charge in [0.2, 0.25) is 0 Å². The van der Waals surface area contributed by atoms with Gasteiger partial charge in [0.15, 0.2) is 5.75 Å². The molecule has 0 bridgehead atoms. The molecule has 1 unspecified atom stereocenters. The highest BCUT2D eigenvalue weighted by atomic mass is 17.3. The van der Waals surface area contributed by atoms with Gasteiger partial charge in [-0.3, -0.25) is 0 Å². The van der Waals surface area contributed by atoms with Crippen LogP contribution in [0.5, 0.6) is 5.75 Å². The zero-order valence-corrected chi connectivity index (χ0v) is 9.06. The molecule has 1 aromatic carbocycles. The molecule has 0 radical (unpaired) electrons. The molecule has 82 valence electrons. The van der Waals surface area contributed by atoms with Crippen molar-refractivity contribution in [1.29, 1.82) is 0 Å². The van der Waals surface area contributed by atoms with Crippen molar-refractivity contribution in [3.05, 3.63) is 23.8 Å². The van der Waals surface area contributed by atoms with Gasteiger partial charge in [-0.05, 0) is 18.1 Å². The minimum Gasteiger partial charge on any atom is -0.324 e. The van der Waals surface area contributed by atoms with Crippen molar-refractivity contribution in [2.24, 2.45) is 5.73 Å². The van der Waals surface area contributed by atoms with Gasteiger partial charge in [0.05, 0.1) is 0 Å². The summed E-state index contributed by atoms with van der Waals surface area (Å²) in [6.07, 6.45) is 2.03. The lowest BCUT2D eigenvalue weighted by molar-refractivity contribution is -0.194. The van der Waals surface area contributed by atoms with Gasteiger partial charge in [-0.1, -0.05) is 30.5 Å². The van der Waals surface area contributed by atoms with Crippen molar-refractivity contribution < 1.29 is 9.88 Å². The molecule has 0 saturated carbocycles. The van der Waals surface area contributed by atoms with E-state index in [1.165, 1.54) is 0 Å². The average molecular weight is 208 g/mol. The molecule has 0 aliphatic carbocycles. The number of hydroxylamine groups is 1. The maximum Gasteiger partial charge on any atom is 0.194 e. The molecule has 2 N–H and O–H groups in total. The topological polar surface area (TPSA) is 47.7 Å². The van der Waals surface area contributed by atoms with Crippen LogP contribution in [0.2, 0.25) is 0 Å². The average Bonchev–Trinajstić information content (AvgIpc) is 2.61. The van der Waals surface area contributed by atoms with Crippen LogP contribution in [0.4, 0.5) is 5.69 Å². The molecule has 0 spiro atoms. The first-order valence-corrected chi connectivity index (χ1v) is 5.21. The van der Waals surface area contributed by atoms with Crippen LogP contribution in [-0.4, -0.2) is 7.05 Å². The number of hydrogen-bond acceptors (Lipinski definition) is 4. The number of benzene rings is 1. The Morgan fingerprint density at radius 3 is 3.00 bits per heavy atom. The van der Waals surface area contributed by atoms with Gasteiger partial charge < -0.3 is 10.6 Å². The molecule has 1 aliphatic rings. The molecule has 0 aromatic heterocycles. The second-order valence-corrected chi connectivity index (χ2v) is 3.74. The fourth-order valence-electron chi connectivity index (χ4n) is 1.84. The fourth-order valence-corrected chi connectivity index (χ4v) is 1.84. The molecule has 1 aliphatic heterocycles. The third-order valence-electron chi connectivity index (χ3n) is 2.58. The van der Waals surface area contributed by atoms with E-state index in [2.05, 4.69) is 6.92 Å². The van der Waals surface area contributed by atoms with E-state index >= 15 is 0 Å². The van der Waals surface area contributed by atoms with E-state index in [4.69, 9.17) is 15.6 Å². The molecule has 0 fully saturated rings. The molecule has 0 saturated heterocycles. The van der Waals surface area contributed by atoms with Gasteiger partial charge in [0.25, 0.3) is 0 Å². The summed E-state index contributed by atoms with van der Waals surface area (Å²) in [7, 11) is 1.81. The first kappa shape index (κ1) is 10.3. The van der Waals surface area contributed by atoms with Gasteiger partial charge >= 0.3 is 0 Å². The number of para-hydroxylation sites is 1. The molecule has 1 atom stereocenters. The Hall–Kier alpha value is -1.26. The van der Waals surface area contributed by atoms with E-state index in [1.54, 1.807) is 5.06 Å². The van der Waals surface area contributed by atoms with Crippen molar-refractivity contribution in [2.75, 3.05) is 12.1 Å². The molecule has 1 heterocycles. The van der Waals surface area contributed by atoms with Gasteiger partial charge in [0.1, 0.15) is 5.69 Å². The van der Waals surface area contributed by atoms with E-state index < -0.39 is 0 Å². The molecule has 1 aromatic rings. The summed E-state index contributed by atoms with van der Waals surface area (Å²) in [6.45, 7) is 2.12. The minimum atomic E-state index is 0.0395. The quantitative estimate of drug-likeness (QED) is 0.773. The Labute approximate surface area is 89.5 Å². The summed E-state index contributed by atoms with van der Waals surface area (Å²) < 4.78 is 0. The normalized spacial score (nSPS) is 16.1. The number of nitrogens with two attached hydrogens (primary N) is 1. The van der Waals surface area contributed by atoms with Crippen molar-refractivity contribution >= 4 is 5.69 Å². The summed E-state index contributed by atoms with van der Waals surface area (Å²) in [4.78, 5) is 10.0. The Morgan fingerprint density at radius 2 is 2.27 bits per heavy atom. The Balaban J connectivity index is 2.36. The first-order chi connectivity index (χ1) is 7.24. The summed E-state index contributed by atoms with van der Waals surface area (Å²) in [5.41, 5.74) is 8.12. The maximum atomic E-state index is 6.10. The van der Waals surface area contributed by atoms with E-state index in [0.717, 1.165) is 29.8 Å². The van der Waals surface area contributed by atoms with E-state index in [1.807, 2.05) is 25.2 Å². The van der Waals surface area contributed by atoms with Crippen LogP contribution >= 0.6 is 0 Å². The van der Waals surface area contributed by atoms with Crippen molar-refractivity contribution in [1.82, 2.24) is 0 Å².